The van der Waals surface area contributed by atoms with Gasteiger partial charge >= 0.3 is 5.76 Å². The summed E-state index contributed by atoms with van der Waals surface area (Å²) in [6.45, 7) is 4.56. The standard InChI is InChI=1S/C14H18N2O3/c1-9(2)10-3-5-11(6-4-10)15-7-12(17)13-8-16-14(18)19-13/h3-6,8-9,12,15,17H,7H2,1-2H3,(H,16,18). The van der Waals surface area contributed by atoms with Crippen LogP contribution in [0, 0.1) is 0 Å². The Labute approximate surface area is 111 Å². The van der Waals surface area contributed by atoms with E-state index >= 15 is 0 Å². The lowest BCUT2D eigenvalue weighted by Crippen LogP contribution is -2.11. The van der Waals surface area contributed by atoms with Gasteiger partial charge in [0.2, 0.25) is 0 Å². The van der Waals surface area contributed by atoms with Gasteiger partial charge in [-0.25, -0.2) is 4.79 Å². The van der Waals surface area contributed by atoms with Crippen molar-refractivity contribution < 1.29 is 9.52 Å². The number of hydrogen-bond donors (Lipinski definition) is 3. The summed E-state index contributed by atoms with van der Waals surface area (Å²) in [6.07, 6.45) is 0.514. The first-order chi connectivity index (χ1) is 9.06. The molecule has 0 amide bonds. The van der Waals surface area contributed by atoms with Crippen LogP contribution in [0.4, 0.5) is 5.69 Å². The molecule has 3 N–H and O–H groups in total. The molecule has 1 aromatic carbocycles. The molecular formula is C14H18N2O3. The molecule has 0 spiro atoms. The van der Waals surface area contributed by atoms with Crippen molar-refractivity contribution in [1.82, 2.24) is 4.98 Å². The summed E-state index contributed by atoms with van der Waals surface area (Å²) in [5.74, 6) is 0.167. The Bertz CT molecular complexity index is 569. The predicted octanol–water partition coefficient (Wildman–Crippen LogP) is 2.24. The summed E-state index contributed by atoms with van der Waals surface area (Å²) >= 11 is 0. The molecule has 2 rings (SSSR count). The Morgan fingerprint density at radius 1 is 1.32 bits per heavy atom. The second-order valence-corrected chi connectivity index (χ2v) is 4.75. The Morgan fingerprint density at radius 3 is 2.53 bits per heavy atom. The van der Waals surface area contributed by atoms with Crippen molar-refractivity contribution in [3.8, 4) is 0 Å². The zero-order valence-electron chi connectivity index (χ0n) is 11.0. The van der Waals surface area contributed by atoms with Gasteiger partial charge in [-0.05, 0) is 23.6 Å². The molecule has 19 heavy (non-hydrogen) atoms. The van der Waals surface area contributed by atoms with Gasteiger partial charge in [-0.1, -0.05) is 26.0 Å². The number of aliphatic hydroxyl groups is 1. The highest BCUT2D eigenvalue weighted by Gasteiger charge is 2.11. The minimum absolute atomic E-state index is 0.233. The highest BCUT2D eigenvalue weighted by Crippen LogP contribution is 2.18. The first kappa shape index (κ1) is 13.4. The SMILES string of the molecule is CC(C)c1ccc(NCC(O)c2c[nH]c(=O)o2)cc1. The van der Waals surface area contributed by atoms with E-state index in [1.807, 2.05) is 12.1 Å². The number of hydrogen-bond acceptors (Lipinski definition) is 4. The monoisotopic (exact) mass is 262 g/mol. The molecule has 0 saturated carbocycles. The molecule has 1 unspecified atom stereocenters. The maximum Gasteiger partial charge on any atom is 0.416 e. The number of rotatable bonds is 5. The highest BCUT2D eigenvalue weighted by atomic mass is 16.4. The van der Waals surface area contributed by atoms with Gasteiger partial charge in [0.1, 0.15) is 6.10 Å². The Morgan fingerprint density at radius 2 is 2.00 bits per heavy atom. The van der Waals surface area contributed by atoms with Crippen molar-refractivity contribution in [2.75, 3.05) is 11.9 Å². The van der Waals surface area contributed by atoms with Crippen molar-refractivity contribution >= 4 is 5.69 Å². The van der Waals surface area contributed by atoms with Gasteiger partial charge in [0, 0.05) is 18.4 Å². The van der Waals surface area contributed by atoms with E-state index in [0.29, 0.717) is 5.92 Å². The Hall–Kier alpha value is -2.01. The number of H-pyrrole nitrogens is 1. The van der Waals surface area contributed by atoms with Crippen LogP contribution in [-0.2, 0) is 0 Å². The smallest absolute Gasteiger partial charge is 0.410 e. The molecule has 1 aromatic heterocycles. The lowest BCUT2D eigenvalue weighted by Gasteiger charge is -2.11. The topological polar surface area (TPSA) is 78.3 Å². The quantitative estimate of drug-likeness (QED) is 0.772. The van der Waals surface area contributed by atoms with E-state index in [0.717, 1.165) is 5.69 Å². The van der Waals surface area contributed by atoms with E-state index in [9.17, 15) is 9.90 Å². The maximum atomic E-state index is 10.8. The van der Waals surface area contributed by atoms with Crippen LogP contribution in [0.3, 0.4) is 0 Å². The summed E-state index contributed by atoms with van der Waals surface area (Å²) in [7, 11) is 0. The fourth-order valence-electron chi connectivity index (χ4n) is 1.76. The van der Waals surface area contributed by atoms with E-state index in [-0.39, 0.29) is 12.3 Å². The Balaban J connectivity index is 1.93. The summed E-state index contributed by atoms with van der Waals surface area (Å²) in [5.41, 5.74) is 2.18. The van der Waals surface area contributed by atoms with Crippen LogP contribution in [0.1, 0.15) is 37.2 Å². The van der Waals surface area contributed by atoms with Crippen LogP contribution in [0.5, 0.6) is 0 Å². The van der Waals surface area contributed by atoms with Crippen molar-refractivity contribution in [1.29, 1.82) is 0 Å². The number of benzene rings is 1. The molecule has 0 bridgehead atoms. The second-order valence-electron chi connectivity index (χ2n) is 4.75. The Kier molecular flexibility index (Phi) is 4.06. The van der Waals surface area contributed by atoms with Gasteiger partial charge in [0.05, 0.1) is 0 Å². The third-order valence-electron chi connectivity index (χ3n) is 2.95. The third kappa shape index (κ3) is 3.48. The lowest BCUT2D eigenvalue weighted by molar-refractivity contribution is 0.160. The minimum atomic E-state index is -0.858. The van der Waals surface area contributed by atoms with Crippen LogP contribution in [0.15, 0.2) is 39.7 Å². The van der Waals surface area contributed by atoms with Gasteiger partial charge in [0.15, 0.2) is 5.76 Å². The molecule has 2 aromatic rings. The summed E-state index contributed by atoms with van der Waals surface area (Å²) in [5, 5.41) is 12.9. The van der Waals surface area contributed by atoms with Gasteiger partial charge in [-0.2, -0.15) is 0 Å². The summed E-state index contributed by atoms with van der Waals surface area (Å²) < 4.78 is 4.78. The number of anilines is 1. The lowest BCUT2D eigenvalue weighted by atomic mass is 10.0. The van der Waals surface area contributed by atoms with Crippen LogP contribution >= 0.6 is 0 Å². The van der Waals surface area contributed by atoms with E-state index in [1.165, 1.54) is 11.8 Å². The van der Waals surface area contributed by atoms with E-state index in [4.69, 9.17) is 4.42 Å². The third-order valence-corrected chi connectivity index (χ3v) is 2.95. The van der Waals surface area contributed by atoms with Crippen molar-refractivity contribution in [2.24, 2.45) is 0 Å². The largest absolute Gasteiger partial charge is 0.416 e. The fourth-order valence-corrected chi connectivity index (χ4v) is 1.76. The normalized spacial score (nSPS) is 12.6. The summed E-state index contributed by atoms with van der Waals surface area (Å²) in [6, 6.07) is 8.04. The molecule has 0 saturated heterocycles. The van der Waals surface area contributed by atoms with Crippen molar-refractivity contribution in [2.45, 2.75) is 25.9 Å². The van der Waals surface area contributed by atoms with Crippen LogP contribution < -0.4 is 11.1 Å². The van der Waals surface area contributed by atoms with Crippen molar-refractivity contribution in [3.63, 3.8) is 0 Å². The fraction of sp³-hybridized carbons (Fsp3) is 0.357. The molecule has 1 atom stereocenters. The number of aliphatic hydroxyl groups excluding tert-OH is 1. The number of aromatic amines is 1. The molecule has 0 aliphatic carbocycles. The van der Waals surface area contributed by atoms with E-state index < -0.39 is 11.9 Å². The molecule has 0 aliphatic rings. The van der Waals surface area contributed by atoms with Gasteiger partial charge in [-0.3, -0.25) is 4.98 Å². The van der Waals surface area contributed by atoms with Gasteiger partial charge in [-0.15, -0.1) is 0 Å². The average molecular weight is 262 g/mol. The predicted molar refractivity (Wildman–Crippen MR) is 73.3 cm³/mol. The average Bonchev–Trinajstić information content (AvgIpc) is 2.83. The molecule has 0 radical (unpaired) electrons. The van der Waals surface area contributed by atoms with Gasteiger partial charge < -0.3 is 14.8 Å². The van der Waals surface area contributed by atoms with Crippen molar-refractivity contribution in [3.05, 3.63) is 52.3 Å². The molecule has 0 fully saturated rings. The van der Waals surface area contributed by atoms with E-state index in [2.05, 4.69) is 36.3 Å². The molecule has 5 heteroatoms. The molecule has 5 nitrogen and oxygen atoms in total. The molecular weight excluding hydrogens is 244 g/mol. The van der Waals surface area contributed by atoms with Gasteiger partial charge in [0.25, 0.3) is 0 Å². The van der Waals surface area contributed by atoms with Crippen LogP contribution in [-0.4, -0.2) is 16.6 Å². The van der Waals surface area contributed by atoms with Crippen LogP contribution in [0.25, 0.3) is 0 Å². The molecule has 0 aliphatic heterocycles. The zero-order valence-corrected chi connectivity index (χ0v) is 11.0. The first-order valence-corrected chi connectivity index (χ1v) is 6.26. The zero-order chi connectivity index (χ0) is 13.8. The van der Waals surface area contributed by atoms with E-state index in [1.54, 1.807) is 0 Å². The highest BCUT2D eigenvalue weighted by molar-refractivity contribution is 5.45. The minimum Gasteiger partial charge on any atom is -0.410 e. The maximum absolute atomic E-state index is 10.8. The number of nitrogens with one attached hydrogen (secondary N) is 2. The van der Waals surface area contributed by atoms with Crippen LogP contribution in [0.2, 0.25) is 0 Å². The number of oxazole rings is 1. The number of aromatic nitrogens is 1. The molecule has 102 valence electrons. The second kappa shape index (κ2) is 5.75. The summed E-state index contributed by atoms with van der Waals surface area (Å²) in [4.78, 5) is 13.2. The molecule has 1 heterocycles. The first-order valence-electron chi connectivity index (χ1n) is 6.26.